The van der Waals surface area contributed by atoms with Crippen molar-refractivity contribution in [3.8, 4) is 0 Å². The quantitative estimate of drug-likeness (QED) is 0.224. The van der Waals surface area contributed by atoms with Crippen molar-refractivity contribution in [3.05, 3.63) is 114 Å². The summed E-state index contributed by atoms with van der Waals surface area (Å²) in [5.74, 6) is -0.915. The van der Waals surface area contributed by atoms with Gasteiger partial charge in [-0.15, -0.1) is 0 Å². The molecular weight excluding hydrogens is 476 g/mol. The van der Waals surface area contributed by atoms with Gasteiger partial charge >= 0.3 is 0 Å². The van der Waals surface area contributed by atoms with Crippen LogP contribution in [0.5, 0.6) is 0 Å². The highest BCUT2D eigenvalue weighted by molar-refractivity contribution is 6.24. The molecule has 5 aromatic rings. The van der Waals surface area contributed by atoms with Crippen LogP contribution in [0.1, 0.15) is 27.7 Å². The molecule has 1 aromatic heterocycles. The second kappa shape index (κ2) is 9.67. The number of carbonyl (C=O) groups is 2. The molecule has 0 saturated heterocycles. The average Bonchev–Trinajstić information content (AvgIpc) is 3.53. The van der Waals surface area contributed by atoms with E-state index < -0.39 is 5.92 Å². The topological polar surface area (TPSA) is 111 Å². The highest BCUT2D eigenvalue weighted by atomic mass is 16.2. The van der Waals surface area contributed by atoms with E-state index in [4.69, 9.17) is 4.99 Å². The number of hydrogen-bond acceptors (Lipinski definition) is 5. The van der Waals surface area contributed by atoms with E-state index in [1.54, 1.807) is 12.1 Å². The van der Waals surface area contributed by atoms with E-state index in [-0.39, 0.29) is 17.6 Å². The molecule has 4 aromatic carbocycles. The third kappa shape index (κ3) is 4.39. The minimum Gasteiger partial charge on any atom is -0.388 e. The fourth-order valence-corrected chi connectivity index (χ4v) is 4.61. The van der Waals surface area contributed by atoms with Crippen molar-refractivity contribution >= 4 is 51.3 Å². The van der Waals surface area contributed by atoms with Crippen molar-refractivity contribution in [1.29, 1.82) is 0 Å². The number of fused-ring (bicyclic) bond motifs is 2. The Bertz CT molecular complexity index is 1660. The van der Waals surface area contributed by atoms with Crippen molar-refractivity contribution in [2.45, 2.75) is 5.92 Å². The molecule has 0 aliphatic carbocycles. The van der Waals surface area contributed by atoms with Gasteiger partial charge in [-0.05, 0) is 59.7 Å². The van der Waals surface area contributed by atoms with Gasteiger partial charge in [0.2, 0.25) is 5.91 Å². The molecule has 0 spiro atoms. The molecular formula is C30H24N6O2. The second-order valence-corrected chi connectivity index (χ2v) is 8.94. The fourth-order valence-electron chi connectivity index (χ4n) is 4.61. The predicted molar refractivity (Wildman–Crippen MR) is 150 cm³/mol. The van der Waals surface area contributed by atoms with Gasteiger partial charge in [-0.3, -0.25) is 14.6 Å². The lowest BCUT2D eigenvalue weighted by Crippen LogP contribution is -2.21. The maximum absolute atomic E-state index is 13.3. The number of amides is 2. The summed E-state index contributed by atoms with van der Waals surface area (Å²) in [6.45, 7) is 0. The smallest absolute Gasteiger partial charge is 0.291 e. The molecule has 4 N–H and O–H groups in total. The lowest BCUT2D eigenvalue weighted by Gasteiger charge is -2.14. The number of aromatic amines is 1. The molecule has 0 radical (unpaired) electrons. The number of H-pyrrole nitrogens is 1. The SMILES string of the molecule is CNc1ccc(N=C(c2ccccc2)C2C(=O)Nc3cc(NC(=O)c4nc5ccccc5[nH]4)ccc32)cc1. The van der Waals surface area contributed by atoms with Crippen molar-refractivity contribution < 1.29 is 9.59 Å². The average molecular weight is 501 g/mol. The van der Waals surface area contributed by atoms with Gasteiger partial charge in [0.25, 0.3) is 5.91 Å². The zero-order valence-electron chi connectivity index (χ0n) is 20.5. The summed E-state index contributed by atoms with van der Waals surface area (Å²) in [6.07, 6.45) is 0. The van der Waals surface area contributed by atoms with Crippen LogP contribution in [0, 0.1) is 0 Å². The third-order valence-corrected chi connectivity index (χ3v) is 6.50. The van der Waals surface area contributed by atoms with Crippen LogP contribution in [-0.4, -0.2) is 34.5 Å². The van der Waals surface area contributed by atoms with Crippen molar-refractivity contribution in [2.24, 2.45) is 4.99 Å². The summed E-state index contributed by atoms with van der Waals surface area (Å²) in [7, 11) is 1.86. The van der Waals surface area contributed by atoms with Gasteiger partial charge in [0, 0.05) is 24.1 Å². The Hall–Kier alpha value is -5.24. The lowest BCUT2D eigenvalue weighted by molar-refractivity contribution is -0.115. The first-order chi connectivity index (χ1) is 18.6. The number of nitrogens with zero attached hydrogens (tertiary/aromatic N) is 2. The van der Waals surface area contributed by atoms with E-state index in [0.717, 1.165) is 33.5 Å². The first-order valence-electron chi connectivity index (χ1n) is 12.2. The van der Waals surface area contributed by atoms with E-state index in [2.05, 4.69) is 25.9 Å². The maximum atomic E-state index is 13.3. The van der Waals surface area contributed by atoms with Gasteiger partial charge < -0.3 is 20.9 Å². The Morgan fingerprint density at radius 3 is 2.39 bits per heavy atom. The second-order valence-electron chi connectivity index (χ2n) is 8.94. The molecule has 1 aliphatic heterocycles. The Morgan fingerprint density at radius 2 is 1.63 bits per heavy atom. The summed E-state index contributed by atoms with van der Waals surface area (Å²) in [5, 5.41) is 8.94. The van der Waals surface area contributed by atoms with Gasteiger partial charge in [-0.2, -0.15) is 0 Å². The van der Waals surface area contributed by atoms with Crippen LogP contribution >= 0.6 is 0 Å². The number of hydrogen-bond donors (Lipinski definition) is 4. The third-order valence-electron chi connectivity index (χ3n) is 6.50. The van der Waals surface area contributed by atoms with Crippen LogP contribution in [0.2, 0.25) is 0 Å². The zero-order chi connectivity index (χ0) is 26.1. The van der Waals surface area contributed by atoms with Crippen LogP contribution in [0.25, 0.3) is 11.0 Å². The number of aromatic nitrogens is 2. The molecule has 1 atom stereocenters. The summed E-state index contributed by atoms with van der Waals surface area (Å²) in [4.78, 5) is 38.4. The van der Waals surface area contributed by atoms with Crippen LogP contribution in [-0.2, 0) is 4.79 Å². The summed E-state index contributed by atoms with van der Waals surface area (Å²) in [6, 6.07) is 30.3. The van der Waals surface area contributed by atoms with Crippen LogP contribution in [0.4, 0.5) is 22.7 Å². The Kier molecular flexibility index (Phi) is 5.89. The fraction of sp³-hybridized carbons (Fsp3) is 0.0667. The van der Waals surface area contributed by atoms with Crippen molar-refractivity contribution in [1.82, 2.24) is 9.97 Å². The molecule has 2 amide bonds. The molecule has 1 unspecified atom stereocenters. The van der Waals surface area contributed by atoms with E-state index >= 15 is 0 Å². The number of para-hydroxylation sites is 2. The van der Waals surface area contributed by atoms with Gasteiger partial charge in [-0.25, -0.2) is 4.98 Å². The molecule has 8 heteroatoms. The number of nitrogens with one attached hydrogen (secondary N) is 4. The Labute approximate surface area is 218 Å². The molecule has 8 nitrogen and oxygen atoms in total. The van der Waals surface area contributed by atoms with Gasteiger partial charge in [0.15, 0.2) is 5.82 Å². The molecule has 186 valence electrons. The minimum absolute atomic E-state index is 0.171. The first-order valence-corrected chi connectivity index (χ1v) is 12.2. The summed E-state index contributed by atoms with van der Waals surface area (Å²) in [5.41, 5.74) is 6.73. The monoisotopic (exact) mass is 500 g/mol. The highest BCUT2D eigenvalue weighted by Gasteiger charge is 2.35. The molecule has 1 aliphatic rings. The summed E-state index contributed by atoms with van der Waals surface area (Å²) < 4.78 is 0. The first kappa shape index (κ1) is 23.2. The van der Waals surface area contributed by atoms with Crippen LogP contribution in [0.15, 0.2) is 102 Å². The molecule has 0 bridgehead atoms. The number of aliphatic imine (C=N–C) groups is 1. The van der Waals surface area contributed by atoms with E-state index in [1.807, 2.05) is 92.0 Å². The largest absolute Gasteiger partial charge is 0.388 e. The highest BCUT2D eigenvalue weighted by Crippen LogP contribution is 2.38. The van der Waals surface area contributed by atoms with E-state index in [0.29, 0.717) is 17.1 Å². The maximum Gasteiger partial charge on any atom is 0.291 e. The number of carbonyl (C=O) groups excluding carboxylic acids is 2. The van der Waals surface area contributed by atoms with Crippen LogP contribution in [0.3, 0.4) is 0 Å². The van der Waals surface area contributed by atoms with Crippen LogP contribution < -0.4 is 16.0 Å². The lowest BCUT2D eigenvalue weighted by atomic mass is 9.90. The molecule has 38 heavy (non-hydrogen) atoms. The number of anilines is 3. The van der Waals surface area contributed by atoms with Crippen molar-refractivity contribution in [3.63, 3.8) is 0 Å². The molecule has 2 heterocycles. The molecule has 6 rings (SSSR count). The normalized spacial score (nSPS) is 14.7. The number of imidazole rings is 1. The van der Waals surface area contributed by atoms with Gasteiger partial charge in [-0.1, -0.05) is 48.5 Å². The Morgan fingerprint density at radius 1 is 0.895 bits per heavy atom. The minimum atomic E-state index is -0.600. The van der Waals surface area contributed by atoms with Crippen molar-refractivity contribution in [2.75, 3.05) is 23.0 Å². The summed E-state index contributed by atoms with van der Waals surface area (Å²) >= 11 is 0. The predicted octanol–water partition coefficient (Wildman–Crippen LogP) is 5.71. The number of benzene rings is 4. The van der Waals surface area contributed by atoms with Gasteiger partial charge in [0.1, 0.15) is 5.92 Å². The Balaban J connectivity index is 1.32. The molecule has 0 saturated carbocycles. The number of rotatable bonds is 6. The zero-order valence-corrected chi connectivity index (χ0v) is 20.5. The van der Waals surface area contributed by atoms with E-state index in [1.165, 1.54) is 0 Å². The molecule has 0 fully saturated rings. The standard InChI is InChI=1S/C30H24N6O2/c1-31-19-11-13-20(14-12-19)32-27(18-7-3-2-4-8-18)26-22-16-15-21(17-25(22)36-29(26)37)33-30(38)28-34-23-9-5-6-10-24(23)35-28/h2-17,26,31H,1H3,(H,33,38)(H,34,35)(H,36,37). The van der Waals surface area contributed by atoms with Gasteiger partial charge in [0.05, 0.1) is 22.4 Å². The van der Waals surface area contributed by atoms with E-state index in [9.17, 15) is 9.59 Å².